The van der Waals surface area contributed by atoms with Gasteiger partial charge in [0, 0.05) is 0 Å². The third-order valence-corrected chi connectivity index (χ3v) is 6.09. The summed E-state index contributed by atoms with van der Waals surface area (Å²) in [5.41, 5.74) is 1.56. The number of amides is 3. The van der Waals surface area contributed by atoms with Crippen molar-refractivity contribution in [2.45, 2.75) is 38.1 Å². The fourth-order valence-corrected chi connectivity index (χ4v) is 4.16. The van der Waals surface area contributed by atoms with Gasteiger partial charge in [-0.05, 0) is 67.0 Å². The molecule has 4 rings (SSSR count). The smallest absolute Gasteiger partial charge is 0.331 e. The first-order valence-electron chi connectivity index (χ1n) is 10.4. The normalized spacial score (nSPS) is 22.8. The molecule has 2 aromatic carbocycles. The van der Waals surface area contributed by atoms with E-state index >= 15 is 0 Å². The van der Waals surface area contributed by atoms with Gasteiger partial charge in [0.15, 0.2) is 0 Å². The van der Waals surface area contributed by atoms with Gasteiger partial charge in [-0.1, -0.05) is 31.2 Å². The van der Waals surface area contributed by atoms with Gasteiger partial charge in [0.2, 0.25) is 0 Å². The van der Waals surface area contributed by atoms with Crippen LogP contribution in [-0.4, -0.2) is 34.9 Å². The average Bonchev–Trinajstić information content (AvgIpc) is 3.00. The lowest BCUT2D eigenvalue weighted by molar-refractivity contribution is -0.141. The number of ether oxygens (including phenoxy) is 1. The molecule has 0 unspecified atom stereocenters. The van der Waals surface area contributed by atoms with Crippen molar-refractivity contribution in [3.8, 4) is 22.9 Å². The molecule has 0 radical (unpaired) electrons. The summed E-state index contributed by atoms with van der Waals surface area (Å²) >= 11 is 0. The van der Waals surface area contributed by atoms with E-state index in [4.69, 9.17) is 10.00 Å². The van der Waals surface area contributed by atoms with E-state index in [1.54, 1.807) is 36.4 Å². The molecule has 0 atom stereocenters. The number of imide groups is 1. The number of esters is 1. The number of carbonyl (C=O) groups excluding carboxylic acids is 3. The third-order valence-electron chi connectivity index (χ3n) is 6.09. The molecule has 1 saturated carbocycles. The first-order valence-corrected chi connectivity index (χ1v) is 10.4. The zero-order valence-corrected chi connectivity index (χ0v) is 17.3. The van der Waals surface area contributed by atoms with Gasteiger partial charge in [0.25, 0.3) is 5.91 Å². The van der Waals surface area contributed by atoms with Crippen LogP contribution in [0.4, 0.5) is 4.79 Å². The standard InChI is InChI=1S/C24H23N3O4/c1-16-10-12-24(13-11-16)22(29)27(23(30)26-24)15-21(28)31-20-8-6-19(7-9-20)18-4-2-17(14-25)3-5-18/h2-9,16H,10-13,15H2,1H3,(H,26,30). The van der Waals surface area contributed by atoms with Crippen LogP contribution >= 0.6 is 0 Å². The molecule has 1 aliphatic carbocycles. The van der Waals surface area contributed by atoms with Gasteiger partial charge >= 0.3 is 12.0 Å². The molecule has 1 heterocycles. The molecular weight excluding hydrogens is 394 g/mol. The molecule has 1 N–H and O–H groups in total. The molecule has 31 heavy (non-hydrogen) atoms. The van der Waals surface area contributed by atoms with Crippen LogP contribution in [-0.2, 0) is 9.59 Å². The van der Waals surface area contributed by atoms with Gasteiger partial charge in [0.05, 0.1) is 11.6 Å². The Bertz CT molecular complexity index is 1050. The molecule has 3 amide bonds. The minimum absolute atomic E-state index is 0.329. The van der Waals surface area contributed by atoms with E-state index in [1.165, 1.54) is 0 Å². The first-order chi connectivity index (χ1) is 14.9. The SMILES string of the molecule is CC1CCC2(CC1)NC(=O)N(CC(=O)Oc1ccc(-c3ccc(C#N)cc3)cc1)C2=O. The van der Waals surface area contributed by atoms with Gasteiger partial charge in [-0.2, -0.15) is 5.26 Å². The Balaban J connectivity index is 1.38. The van der Waals surface area contributed by atoms with Crippen molar-refractivity contribution >= 4 is 17.9 Å². The molecule has 7 nitrogen and oxygen atoms in total. The van der Waals surface area contributed by atoms with E-state index in [0.717, 1.165) is 28.9 Å². The maximum absolute atomic E-state index is 12.8. The van der Waals surface area contributed by atoms with Crippen LogP contribution in [0.3, 0.4) is 0 Å². The molecule has 0 bridgehead atoms. The maximum Gasteiger partial charge on any atom is 0.331 e. The monoisotopic (exact) mass is 417 g/mol. The van der Waals surface area contributed by atoms with Crippen molar-refractivity contribution in [3.05, 3.63) is 54.1 Å². The molecule has 1 aliphatic heterocycles. The van der Waals surface area contributed by atoms with Gasteiger partial charge in [-0.3, -0.25) is 9.69 Å². The van der Waals surface area contributed by atoms with E-state index in [2.05, 4.69) is 18.3 Å². The van der Waals surface area contributed by atoms with Crippen molar-refractivity contribution in [3.63, 3.8) is 0 Å². The van der Waals surface area contributed by atoms with Crippen LogP contribution in [0.5, 0.6) is 5.75 Å². The highest BCUT2D eigenvalue weighted by atomic mass is 16.5. The fraction of sp³-hybridized carbons (Fsp3) is 0.333. The predicted octanol–water partition coefficient (Wildman–Crippen LogP) is 3.63. The lowest BCUT2D eigenvalue weighted by atomic mass is 9.77. The topological polar surface area (TPSA) is 99.5 Å². The summed E-state index contributed by atoms with van der Waals surface area (Å²) in [6.45, 7) is 1.72. The van der Waals surface area contributed by atoms with Crippen LogP contribution in [0.1, 0.15) is 38.2 Å². The van der Waals surface area contributed by atoms with Crippen LogP contribution in [0.15, 0.2) is 48.5 Å². The van der Waals surface area contributed by atoms with Crippen molar-refractivity contribution in [1.82, 2.24) is 10.2 Å². The van der Waals surface area contributed by atoms with Crippen molar-refractivity contribution in [1.29, 1.82) is 5.26 Å². The van der Waals surface area contributed by atoms with Crippen LogP contribution in [0, 0.1) is 17.2 Å². The predicted molar refractivity (Wildman–Crippen MR) is 113 cm³/mol. The Labute approximate surface area is 180 Å². The number of benzene rings is 2. The van der Waals surface area contributed by atoms with E-state index in [-0.39, 0.29) is 5.91 Å². The minimum atomic E-state index is -0.868. The zero-order valence-electron chi connectivity index (χ0n) is 17.3. The molecule has 0 aromatic heterocycles. The fourth-order valence-electron chi connectivity index (χ4n) is 4.16. The highest BCUT2D eigenvalue weighted by Crippen LogP contribution is 2.36. The molecule has 2 aromatic rings. The highest BCUT2D eigenvalue weighted by molar-refractivity contribution is 6.08. The summed E-state index contributed by atoms with van der Waals surface area (Å²) in [6, 6.07) is 15.6. The molecule has 7 heteroatoms. The summed E-state index contributed by atoms with van der Waals surface area (Å²) in [5, 5.41) is 11.7. The van der Waals surface area contributed by atoms with Crippen molar-refractivity contribution < 1.29 is 19.1 Å². The molecule has 2 fully saturated rings. The summed E-state index contributed by atoms with van der Waals surface area (Å²) in [5.74, 6) is -0.148. The van der Waals surface area contributed by atoms with Gasteiger partial charge < -0.3 is 10.1 Å². The second-order valence-electron chi connectivity index (χ2n) is 8.27. The first kappa shape index (κ1) is 20.6. The summed E-state index contributed by atoms with van der Waals surface area (Å²) < 4.78 is 5.34. The van der Waals surface area contributed by atoms with Crippen LogP contribution in [0.2, 0.25) is 0 Å². The summed E-state index contributed by atoms with van der Waals surface area (Å²) in [6.07, 6.45) is 2.94. The summed E-state index contributed by atoms with van der Waals surface area (Å²) in [4.78, 5) is 38.5. The Hall–Kier alpha value is -3.66. The van der Waals surface area contributed by atoms with Gasteiger partial charge in [-0.25, -0.2) is 9.59 Å². The Morgan fingerprint density at radius 1 is 1.10 bits per heavy atom. The number of carbonyl (C=O) groups is 3. The van der Waals surface area contributed by atoms with Crippen molar-refractivity contribution in [2.75, 3.05) is 6.54 Å². The zero-order chi connectivity index (χ0) is 22.0. The maximum atomic E-state index is 12.8. The average molecular weight is 417 g/mol. The van der Waals surface area contributed by atoms with E-state index in [9.17, 15) is 14.4 Å². The van der Waals surface area contributed by atoms with E-state index in [1.807, 2.05) is 12.1 Å². The van der Waals surface area contributed by atoms with Crippen LogP contribution < -0.4 is 10.1 Å². The lowest BCUT2D eigenvalue weighted by Crippen LogP contribution is -2.49. The molecule has 2 aliphatic rings. The van der Waals surface area contributed by atoms with Gasteiger partial charge in [-0.15, -0.1) is 0 Å². The molecule has 158 valence electrons. The summed E-state index contributed by atoms with van der Waals surface area (Å²) in [7, 11) is 0. The number of hydrogen-bond acceptors (Lipinski definition) is 5. The van der Waals surface area contributed by atoms with E-state index in [0.29, 0.717) is 30.1 Å². The highest BCUT2D eigenvalue weighted by Gasteiger charge is 2.52. The number of rotatable bonds is 4. The number of nitriles is 1. The quantitative estimate of drug-likeness (QED) is 0.465. The minimum Gasteiger partial charge on any atom is -0.425 e. The second-order valence-corrected chi connectivity index (χ2v) is 8.27. The number of urea groups is 1. The van der Waals surface area contributed by atoms with Crippen molar-refractivity contribution in [2.24, 2.45) is 5.92 Å². The van der Waals surface area contributed by atoms with Crippen LogP contribution in [0.25, 0.3) is 11.1 Å². The third kappa shape index (κ3) is 4.15. The Kier molecular flexibility index (Phi) is 5.47. The molecule has 1 saturated heterocycles. The van der Waals surface area contributed by atoms with Gasteiger partial charge in [0.1, 0.15) is 17.8 Å². The molecule has 1 spiro atoms. The second kappa shape index (κ2) is 8.23. The Morgan fingerprint density at radius 2 is 1.68 bits per heavy atom. The van der Waals surface area contributed by atoms with E-state index < -0.39 is 24.1 Å². The molecular formula is C24H23N3O4. The largest absolute Gasteiger partial charge is 0.425 e. The Morgan fingerprint density at radius 3 is 2.26 bits per heavy atom. The number of hydrogen-bond donors (Lipinski definition) is 1. The number of nitrogens with zero attached hydrogens (tertiary/aromatic N) is 2. The lowest BCUT2D eigenvalue weighted by Gasteiger charge is -2.33. The number of nitrogens with one attached hydrogen (secondary N) is 1.